The molecule has 1 atom stereocenters. The normalized spacial score (nSPS) is 15.8. The maximum absolute atomic E-state index is 12.3. The summed E-state index contributed by atoms with van der Waals surface area (Å²) in [5.74, 6) is 0.889. The van der Waals surface area contributed by atoms with Gasteiger partial charge in [-0.3, -0.25) is 19.7 Å². The molecule has 0 radical (unpaired) electrons. The minimum atomic E-state index is -0.749. The molecule has 0 saturated carbocycles. The number of hydrogen-bond donors (Lipinski definition) is 1. The van der Waals surface area contributed by atoms with E-state index < -0.39 is 16.9 Å². The number of carbonyl (C=O) groups excluding carboxylic acids is 2. The van der Waals surface area contributed by atoms with E-state index in [0.717, 1.165) is 17.6 Å². The number of amides is 2. The summed E-state index contributed by atoms with van der Waals surface area (Å²) in [6.07, 6.45) is 0. The predicted molar refractivity (Wildman–Crippen MR) is 88.9 cm³/mol. The van der Waals surface area contributed by atoms with Gasteiger partial charge in [0.15, 0.2) is 0 Å². The van der Waals surface area contributed by atoms with E-state index in [1.807, 2.05) is 0 Å². The lowest BCUT2D eigenvalue weighted by molar-refractivity contribution is -0.385. The summed E-state index contributed by atoms with van der Waals surface area (Å²) in [5.41, 5.74) is -0.503. The lowest BCUT2D eigenvalue weighted by Crippen LogP contribution is -2.49. The average molecular weight is 358 g/mol. The molecule has 1 aromatic rings. The first kappa shape index (κ1) is 17.6. The summed E-state index contributed by atoms with van der Waals surface area (Å²) in [6.45, 7) is 2.86. The molecule has 1 aliphatic heterocycles. The van der Waals surface area contributed by atoms with Gasteiger partial charge in [-0.15, -0.1) is 0 Å². The highest BCUT2D eigenvalue weighted by Gasteiger charge is 2.26. The molecule has 23 heavy (non-hydrogen) atoms. The van der Waals surface area contributed by atoms with E-state index >= 15 is 0 Å². The van der Waals surface area contributed by atoms with Crippen LogP contribution in [0.15, 0.2) is 18.2 Å². The van der Waals surface area contributed by atoms with Crippen LogP contribution in [0.1, 0.15) is 17.3 Å². The molecule has 2 rings (SSSR count). The zero-order chi connectivity index (χ0) is 17.0. The van der Waals surface area contributed by atoms with Crippen molar-refractivity contribution in [3.05, 3.63) is 38.9 Å². The molecule has 1 fully saturated rings. The van der Waals surface area contributed by atoms with Gasteiger partial charge in [-0.1, -0.05) is 11.6 Å². The Morgan fingerprint density at radius 1 is 1.39 bits per heavy atom. The topological polar surface area (TPSA) is 92.5 Å². The third-order valence-electron chi connectivity index (χ3n) is 3.44. The first-order valence-corrected chi connectivity index (χ1v) is 8.54. The van der Waals surface area contributed by atoms with Crippen molar-refractivity contribution in [1.29, 1.82) is 0 Å². The van der Waals surface area contributed by atoms with Gasteiger partial charge in [0.25, 0.3) is 11.6 Å². The Bertz CT molecular complexity index is 634. The molecule has 2 amide bonds. The Balaban J connectivity index is 2.09. The van der Waals surface area contributed by atoms with Crippen LogP contribution < -0.4 is 5.32 Å². The van der Waals surface area contributed by atoms with Crippen molar-refractivity contribution in [2.75, 3.05) is 24.6 Å². The van der Waals surface area contributed by atoms with Crippen molar-refractivity contribution in [1.82, 2.24) is 10.2 Å². The fourth-order valence-corrected chi connectivity index (χ4v) is 3.31. The Kier molecular flexibility index (Phi) is 5.84. The second-order valence-corrected chi connectivity index (χ2v) is 6.71. The monoisotopic (exact) mass is 357 g/mol. The van der Waals surface area contributed by atoms with Gasteiger partial charge in [0.2, 0.25) is 5.91 Å². The number of nitrogens with one attached hydrogen (secondary N) is 1. The number of rotatable bonds is 4. The lowest BCUT2D eigenvalue weighted by Gasteiger charge is -2.29. The molecular weight excluding hydrogens is 342 g/mol. The molecule has 7 nitrogen and oxygen atoms in total. The van der Waals surface area contributed by atoms with Crippen molar-refractivity contribution in [3.63, 3.8) is 0 Å². The first-order valence-electron chi connectivity index (χ1n) is 7.01. The van der Waals surface area contributed by atoms with Crippen molar-refractivity contribution < 1.29 is 14.5 Å². The summed E-state index contributed by atoms with van der Waals surface area (Å²) < 4.78 is 0. The van der Waals surface area contributed by atoms with Crippen molar-refractivity contribution in [2.45, 2.75) is 13.0 Å². The molecule has 1 heterocycles. The smallest absolute Gasteiger partial charge is 0.283 e. The maximum Gasteiger partial charge on any atom is 0.283 e. The van der Waals surface area contributed by atoms with Gasteiger partial charge in [-0.2, -0.15) is 11.8 Å². The molecule has 0 aliphatic carbocycles. The first-order chi connectivity index (χ1) is 10.9. The highest BCUT2D eigenvalue weighted by atomic mass is 35.5. The number of hydrogen-bond acceptors (Lipinski definition) is 5. The maximum atomic E-state index is 12.3. The van der Waals surface area contributed by atoms with Crippen LogP contribution in [0.2, 0.25) is 5.02 Å². The van der Waals surface area contributed by atoms with Crippen LogP contribution in [-0.4, -0.2) is 52.3 Å². The van der Waals surface area contributed by atoms with Crippen LogP contribution in [-0.2, 0) is 4.79 Å². The number of nitrogens with zero attached hydrogens (tertiary/aromatic N) is 2. The molecule has 1 N–H and O–H groups in total. The fraction of sp³-hybridized carbons (Fsp3) is 0.429. The number of carbonyl (C=O) groups is 2. The molecule has 1 unspecified atom stereocenters. The molecule has 9 heteroatoms. The van der Waals surface area contributed by atoms with Crippen LogP contribution >= 0.6 is 23.4 Å². The molecule has 124 valence electrons. The summed E-state index contributed by atoms with van der Waals surface area (Å²) in [6, 6.07) is 3.05. The van der Waals surface area contributed by atoms with E-state index in [0.29, 0.717) is 13.1 Å². The molecule has 1 aliphatic rings. The third kappa shape index (κ3) is 4.35. The Morgan fingerprint density at radius 3 is 2.65 bits per heavy atom. The summed E-state index contributed by atoms with van der Waals surface area (Å²) in [4.78, 5) is 36.6. The van der Waals surface area contributed by atoms with Gasteiger partial charge in [-0.05, 0) is 19.1 Å². The predicted octanol–water partition coefficient (Wildman–Crippen LogP) is 1.94. The highest BCUT2D eigenvalue weighted by molar-refractivity contribution is 7.99. The van der Waals surface area contributed by atoms with Crippen LogP contribution in [0.3, 0.4) is 0 Å². The number of halogens is 1. The van der Waals surface area contributed by atoms with Crippen molar-refractivity contribution in [3.8, 4) is 0 Å². The Labute approximate surface area is 142 Å². The highest BCUT2D eigenvalue weighted by Crippen LogP contribution is 2.23. The fourth-order valence-electron chi connectivity index (χ4n) is 2.24. The van der Waals surface area contributed by atoms with Gasteiger partial charge < -0.3 is 10.2 Å². The van der Waals surface area contributed by atoms with Gasteiger partial charge in [0.1, 0.15) is 11.6 Å². The van der Waals surface area contributed by atoms with Crippen LogP contribution in [0.25, 0.3) is 0 Å². The molecule has 0 aromatic heterocycles. The molecule has 0 spiro atoms. The number of nitro groups is 1. The van der Waals surface area contributed by atoms with Gasteiger partial charge in [0.05, 0.1) is 4.92 Å². The lowest BCUT2D eigenvalue weighted by atomic mass is 10.1. The quantitative estimate of drug-likeness (QED) is 0.656. The zero-order valence-corrected chi connectivity index (χ0v) is 14.0. The minimum absolute atomic E-state index is 0.117. The van der Waals surface area contributed by atoms with Gasteiger partial charge >= 0.3 is 0 Å². The van der Waals surface area contributed by atoms with E-state index in [1.165, 1.54) is 12.1 Å². The number of benzene rings is 1. The standard InChI is InChI=1S/C14H16ClN3O4S/c1-9(14(20)17-4-6-23-7-5-17)16-13(19)11-3-2-10(15)8-12(11)18(21)22/h2-3,8-9H,4-7H2,1H3,(H,16,19). The van der Waals surface area contributed by atoms with Crippen LogP contribution in [0, 0.1) is 10.1 Å². The SMILES string of the molecule is CC(NC(=O)c1ccc(Cl)cc1[N+](=O)[O-])C(=O)N1CCSCC1. The second kappa shape index (κ2) is 7.65. The third-order valence-corrected chi connectivity index (χ3v) is 4.62. The number of nitro benzene ring substituents is 1. The Hall–Kier alpha value is -1.80. The molecule has 0 bridgehead atoms. The van der Waals surface area contributed by atoms with Gasteiger partial charge in [-0.25, -0.2) is 0 Å². The van der Waals surface area contributed by atoms with E-state index in [1.54, 1.807) is 23.6 Å². The van der Waals surface area contributed by atoms with Gasteiger partial charge in [0, 0.05) is 35.7 Å². The minimum Gasteiger partial charge on any atom is -0.340 e. The summed E-state index contributed by atoms with van der Waals surface area (Å²) in [7, 11) is 0. The molecular formula is C14H16ClN3O4S. The zero-order valence-electron chi connectivity index (χ0n) is 12.5. The summed E-state index contributed by atoms with van der Waals surface area (Å²) in [5, 5.41) is 13.7. The number of thioether (sulfide) groups is 1. The molecule has 1 saturated heterocycles. The van der Waals surface area contributed by atoms with E-state index in [-0.39, 0.29) is 22.2 Å². The van der Waals surface area contributed by atoms with E-state index in [2.05, 4.69) is 5.32 Å². The van der Waals surface area contributed by atoms with Crippen LogP contribution in [0.5, 0.6) is 0 Å². The summed E-state index contributed by atoms with van der Waals surface area (Å²) >= 11 is 7.50. The van der Waals surface area contributed by atoms with E-state index in [4.69, 9.17) is 11.6 Å². The largest absolute Gasteiger partial charge is 0.340 e. The second-order valence-electron chi connectivity index (χ2n) is 5.05. The van der Waals surface area contributed by atoms with Crippen molar-refractivity contribution in [2.24, 2.45) is 0 Å². The molecule has 1 aromatic carbocycles. The van der Waals surface area contributed by atoms with E-state index in [9.17, 15) is 19.7 Å². The van der Waals surface area contributed by atoms with Crippen molar-refractivity contribution >= 4 is 40.9 Å². The average Bonchev–Trinajstić information content (AvgIpc) is 2.54. The van der Waals surface area contributed by atoms with Crippen LogP contribution in [0.4, 0.5) is 5.69 Å². The Morgan fingerprint density at radius 2 is 2.04 bits per heavy atom.